The van der Waals surface area contributed by atoms with Crippen molar-refractivity contribution in [1.29, 1.82) is 0 Å². The standard InChI is InChI=1S/C14H17FN4OS2/c1-14(2,3)17-11(20)16-12-18-19-13(22-12)21-8-9-5-4-6-10(15)7-9/h4-7H,8H2,1-3H3,(H2,16,17,18,20). The summed E-state index contributed by atoms with van der Waals surface area (Å²) in [5.74, 6) is 0.345. The first-order valence-electron chi connectivity index (χ1n) is 6.62. The van der Waals surface area contributed by atoms with Gasteiger partial charge in [0.15, 0.2) is 4.34 Å². The van der Waals surface area contributed by atoms with Gasteiger partial charge in [-0.2, -0.15) is 0 Å². The second-order valence-corrected chi connectivity index (χ2v) is 7.82. The molecule has 1 aromatic heterocycles. The van der Waals surface area contributed by atoms with Crippen LogP contribution in [0.1, 0.15) is 26.3 Å². The highest BCUT2D eigenvalue weighted by Gasteiger charge is 2.15. The smallest absolute Gasteiger partial charge is 0.321 e. The number of carbonyl (C=O) groups excluding carboxylic acids is 1. The van der Waals surface area contributed by atoms with E-state index < -0.39 is 0 Å². The Balaban J connectivity index is 1.87. The van der Waals surface area contributed by atoms with E-state index in [4.69, 9.17) is 0 Å². The van der Waals surface area contributed by atoms with Crippen molar-refractivity contribution in [2.75, 3.05) is 5.32 Å². The van der Waals surface area contributed by atoms with Crippen LogP contribution in [0, 0.1) is 5.82 Å². The summed E-state index contributed by atoms with van der Waals surface area (Å²) in [6.07, 6.45) is 0. The molecular weight excluding hydrogens is 323 g/mol. The van der Waals surface area contributed by atoms with Crippen molar-refractivity contribution < 1.29 is 9.18 Å². The summed E-state index contributed by atoms with van der Waals surface area (Å²) < 4.78 is 13.8. The molecule has 22 heavy (non-hydrogen) atoms. The van der Waals surface area contributed by atoms with Gasteiger partial charge in [0, 0.05) is 11.3 Å². The van der Waals surface area contributed by atoms with E-state index in [-0.39, 0.29) is 17.4 Å². The van der Waals surface area contributed by atoms with Gasteiger partial charge >= 0.3 is 6.03 Å². The zero-order valence-corrected chi connectivity index (χ0v) is 14.1. The minimum atomic E-state index is -0.316. The maximum Gasteiger partial charge on any atom is 0.321 e. The molecule has 0 bridgehead atoms. The quantitative estimate of drug-likeness (QED) is 0.654. The lowest BCUT2D eigenvalue weighted by Crippen LogP contribution is -2.43. The molecule has 0 atom stereocenters. The third kappa shape index (κ3) is 5.61. The van der Waals surface area contributed by atoms with E-state index in [9.17, 15) is 9.18 Å². The van der Waals surface area contributed by atoms with Crippen molar-refractivity contribution in [2.24, 2.45) is 0 Å². The number of rotatable bonds is 4. The molecule has 0 unspecified atom stereocenters. The van der Waals surface area contributed by atoms with E-state index in [0.717, 1.165) is 9.90 Å². The summed E-state index contributed by atoms with van der Waals surface area (Å²) in [5, 5.41) is 13.8. The summed E-state index contributed by atoms with van der Waals surface area (Å²) >= 11 is 2.74. The number of urea groups is 1. The fourth-order valence-electron chi connectivity index (χ4n) is 1.56. The lowest BCUT2D eigenvalue weighted by atomic mass is 10.1. The molecule has 118 valence electrons. The topological polar surface area (TPSA) is 66.9 Å². The molecule has 2 rings (SSSR count). The number of thioether (sulfide) groups is 1. The largest absolute Gasteiger partial charge is 0.333 e. The van der Waals surface area contributed by atoms with Crippen molar-refractivity contribution in [3.63, 3.8) is 0 Å². The van der Waals surface area contributed by atoms with E-state index in [1.807, 2.05) is 26.8 Å². The Morgan fingerprint density at radius 3 is 2.82 bits per heavy atom. The van der Waals surface area contributed by atoms with Crippen molar-refractivity contribution >= 4 is 34.3 Å². The van der Waals surface area contributed by atoms with Crippen LogP contribution in [0.15, 0.2) is 28.6 Å². The molecule has 5 nitrogen and oxygen atoms in total. The van der Waals surface area contributed by atoms with Crippen molar-refractivity contribution in [3.05, 3.63) is 35.6 Å². The van der Waals surface area contributed by atoms with Gasteiger partial charge in [-0.1, -0.05) is 35.2 Å². The molecular formula is C14H17FN4OS2. The lowest BCUT2D eigenvalue weighted by molar-refractivity contribution is 0.244. The molecule has 2 amide bonds. The van der Waals surface area contributed by atoms with Crippen LogP contribution < -0.4 is 10.6 Å². The Labute approximate surface area is 136 Å². The second-order valence-electron chi connectivity index (χ2n) is 5.62. The number of hydrogen-bond donors (Lipinski definition) is 2. The van der Waals surface area contributed by atoms with Gasteiger partial charge in [-0.25, -0.2) is 9.18 Å². The Bertz CT molecular complexity index is 654. The van der Waals surface area contributed by atoms with E-state index in [1.165, 1.54) is 35.2 Å². The van der Waals surface area contributed by atoms with Crippen LogP contribution in [0.25, 0.3) is 0 Å². The number of nitrogens with zero attached hydrogens (tertiary/aromatic N) is 2. The zero-order valence-electron chi connectivity index (χ0n) is 12.5. The average molecular weight is 340 g/mol. The van der Waals surface area contributed by atoms with Crippen LogP contribution in [0.2, 0.25) is 0 Å². The van der Waals surface area contributed by atoms with Gasteiger partial charge in [-0.15, -0.1) is 10.2 Å². The molecule has 0 aliphatic heterocycles. The fraction of sp³-hybridized carbons (Fsp3) is 0.357. The Morgan fingerprint density at radius 2 is 2.14 bits per heavy atom. The van der Waals surface area contributed by atoms with E-state index >= 15 is 0 Å². The monoisotopic (exact) mass is 340 g/mol. The lowest BCUT2D eigenvalue weighted by Gasteiger charge is -2.19. The molecule has 0 fully saturated rings. The minimum Gasteiger partial charge on any atom is -0.333 e. The van der Waals surface area contributed by atoms with Crippen LogP contribution in [0.4, 0.5) is 14.3 Å². The van der Waals surface area contributed by atoms with Gasteiger partial charge in [-0.05, 0) is 38.5 Å². The first kappa shape index (κ1) is 16.7. The van der Waals surface area contributed by atoms with Gasteiger partial charge in [0.05, 0.1) is 0 Å². The number of benzene rings is 1. The average Bonchev–Trinajstić information content (AvgIpc) is 2.81. The second kappa shape index (κ2) is 7.06. The van der Waals surface area contributed by atoms with Crippen LogP contribution in [0.5, 0.6) is 0 Å². The molecule has 2 N–H and O–H groups in total. The summed E-state index contributed by atoms with van der Waals surface area (Å²) in [6, 6.07) is 6.12. The fourth-order valence-corrected chi connectivity index (χ4v) is 3.25. The number of amides is 2. The molecule has 0 aliphatic rings. The number of nitrogens with one attached hydrogen (secondary N) is 2. The highest BCUT2D eigenvalue weighted by Crippen LogP contribution is 2.28. The van der Waals surface area contributed by atoms with Crippen molar-refractivity contribution in [1.82, 2.24) is 15.5 Å². The van der Waals surface area contributed by atoms with E-state index in [0.29, 0.717) is 10.9 Å². The predicted octanol–water partition coefficient (Wildman–Crippen LogP) is 3.89. The molecule has 0 saturated carbocycles. The normalized spacial score (nSPS) is 11.3. The SMILES string of the molecule is CC(C)(C)NC(=O)Nc1nnc(SCc2cccc(F)c2)s1. The number of carbonyl (C=O) groups is 1. The van der Waals surface area contributed by atoms with Gasteiger partial charge in [0.1, 0.15) is 5.82 Å². The van der Waals surface area contributed by atoms with Gasteiger partial charge in [0.2, 0.25) is 5.13 Å². The molecule has 0 saturated heterocycles. The van der Waals surface area contributed by atoms with Crippen LogP contribution in [-0.4, -0.2) is 21.8 Å². The number of hydrogen-bond acceptors (Lipinski definition) is 5. The molecule has 0 aliphatic carbocycles. The maximum absolute atomic E-state index is 13.1. The zero-order chi connectivity index (χ0) is 16.2. The van der Waals surface area contributed by atoms with E-state index in [1.54, 1.807) is 6.07 Å². The third-order valence-corrected chi connectivity index (χ3v) is 4.41. The summed E-state index contributed by atoms with van der Waals surface area (Å²) in [5.41, 5.74) is 0.559. The molecule has 1 heterocycles. The van der Waals surface area contributed by atoms with Crippen LogP contribution >= 0.6 is 23.1 Å². The summed E-state index contributed by atoms with van der Waals surface area (Å²) in [4.78, 5) is 11.7. The first-order valence-corrected chi connectivity index (χ1v) is 8.42. The Kier molecular flexibility index (Phi) is 5.36. The van der Waals surface area contributed by atoms with Crippen LogP contribution in [0.3, 0.4) is 0 Å². The molecule has 1 aromatic carbocycles. The first-order chi connectivity index (χ1) is 10.3. The van der Waals surface area contributed by atoms with Crippen molar-refractivity contribution in [3.8, 4) is 0 Å². The highest BCUT2D eigenvalue weighted by molar-refractivity contribution is 8.00. The number of halogens is 1. The number of aromatic nitrogens is 2. The van der Waals surface area contributed by atoms with Gasteiger partial charge < -0.3 is 5.32 Å². The molecule has 0 spiro atoms. The molecule has 2 aromatic rings. The van der Waals surface area contributed by atoms with Gasteiger partial charge in [-0.3, -0.25) is 5.32 Å². The Hall–Kier alpha value is -1.67. The molecule has 0 radical (unpaired) electrons. The van der Waals surface area contributed by atoms with Crippen LogP contribution in [-0.2, 0) is 5.75 Å². The van der Waals surface area contributed by atoms with E-state index in [2.05, 4.69) is 20.8 Å². The highest BCUT2D eigenvalue weighted by atomic mass is 32.2. The predicted molar refractivity (Wildman–Crippen MR) is 87.8 cm³/mol. The third-order valence-electron chi connectivity index (χ3n) is 2.37. The molecule has 8 heteroatoms. The maximum atomic E-state index is 13.1. The minimum absolute atomic E-state index is 0.253. The van der Waals surface area contributed by atoms with Crippen molar-refractivity contribution in [2.45, 2.75) is 36.4 Å². The summed E-state index contributed by atoms with van der Waals surface area (Å²) in [6.45, 7) is 5.69. The summed E-state index contributed by atoms with van der Waals surface area (Å²) in [7, 11) is 0. The number of anilines is 1. The Morgan fingerprint density at radius 1 is 1.36 bits per heavy atom. The van der Waals surface area contributed by atoms with Gasteiger partial charge in [0.25, 0.3) is 0 Å².